The zero-order chi connectivity index (χ0) is 18.4. The molecular formula is C21H17Cl2NO2. The monoisotopic (exact) mass is 385 g/mol. The summed E-state index contributed by atoms with van der Waals surface area (Å²) in [5.74, 6) is 0.424. The maximum Gasteiger partial charge on any atom is 0.258 e. The molecule has 0 heterocycles. The van der Waals surface area contributed by atoms with Gasteiger partial charge in [-0.15, -0.1) is 0 Å². The van der Waals surface area contributed by atoms with E-state index in [4.69, 9.17) is 27.9 Å². The first-order chi connectivity index (χ1) is 12.6. The lowest BCUT2D eigenvalue weighted by Gasteiger charge is -2.09. The number of carbonyl (C=O) groups is 1. The van der Waals surface area contributed by atoms with E-state index in [0.717, 1.165) is 16.7 Å². The van der Waals surface area contributed by atoms with Gasteiger partial charge in [-0.2, -0.15) is 0 Å². The molecule has 0 bridgehead atoms. The first-order valence-corrected chi connectivity index (χ1v) is 8.86. The minimum atomic E-state index is -0.219. The van der Waals surface area contributed by atoms with Crippen molar-refractivity contribution < 1.29 is 9.53 Å². The molecule has 0 saturated heterocycles. The van der Waals surface area contributed by atoms with Crippen LogP contribution in [0.15, 0.2) is 72.8 Å². The normalized spacial score (nSPS) is 10.4. The van der Waals surface area contributed by atoms with Crippen LogP contribution in [0, 0.1) is 0 Å². The van der Waals surface area contributed by atoms with Gasteiger partial charge in [-0.1, -0.05) is 71.7 Å². The molecule has 0 aliphatic heterocycles. The molecule has 1 N–H and O–H groups in total. The molecule has 3 rings (SSSR count). The van der Waals surface area contributed by atoms with Crippen LogP contribution < -0.4 is 10.1 Å². The molecule has 132 valence electrons. The van der Waals surface area contributed by atoms with Crippen molar-refractivity contribution in [1.82, 2.24) is 5.32 Å². The quantitative estimate of drug-likeness (QED) is 0.620. The highest BCUT2D eigenvalue weighted by Gasteiger charge is 2.06. The van der Waals surface area contributed by atoms with E-state index < -0.39 is 0 Å². The first-order valence-electron chi connectivity index (χ1n) is 8.11. The largest absolute Gasteiger partial charge is 0.484 e. The summed E-state index contributed by atoms with van der Waals surface area (Å²) in [6, 6.07) is 22.9. The standard InChI is InChI=1S/C21H17Cl2NO2/c22-18-9-6-17(20(23)12-18)13-24-21(25)14-26-19-10-7-16(8-11-19)15-4-2-1-3-5-15/h1-12H,13-14H2,(H,24,25). The maximum absolute atomic E-state index is 12.0. The van der Waals surface area contributed by atoms with Crippen LogP contribution in [0.1, 0.15) is 5.56 Å². The van der Waals surface area contributed by atoms with E-state index in [9.17, 15) is 4.79 Å². The van der Waals surface area contributed by atoms with Gasteiger partial charge < -0.3 is 10.1 Å². The molecule has 5 heteroatoms. The average Bonchev–Trinajstić information content (AvgIpc) is 2.67. The topological polar surface area (TPSA) is 38.3 Å². The minimum Gasteiger partial charge on any atom is -0.484 e. The number of carbonyl (C=O) groups excluding carboxylic acids is 1. The number of hydrogen-bond acceptors (Lipinski definition) is 2. The van der Waals surface area contributed by atoms with Crippen LogP contribution in [-0.4, -0.2) is 12.5 Å². The summed E-state index contributed by atoms with van der Waals surface area (Å²) >= 11 is 11.9. The van der Waals surface area contributed by atoms with Crippen molar-refractivity contribution in [1.29, 1.82) is 0 Å². The number of ether oxygens (including phenoxy) is 1. The predicted molar refractivity (Wildman–Crippen MR) is 106 cm³/mol. The highest BCUT2D eigenvalue weighted by atomic mass is 35.5. The zero-order valence-corrected chi connectivity index (χ0v) is 15.4. The Morgan fingerprint density at radius 1 is 0.885 bits per heavy atom. The van der Waals surface area contributed by atoms with Crippen molar-refractivity contribution in [2.24, 2.45) is 0 Å². The third kappa shape index (κ3) is 5.01. The van der Waals surface area contributed by atoms with Crippen LogP contribution in [0.25, 0.3) is 11.1 Å². The Morgan fingerprint density at radius 2 is 1.58 bits per heavy atom. The second kappa shape index (κ2) is 8.75. The van der Waals surface area contributed by atoms with Crippen molar-refractivity contribution in [3.8, 4) is 16.9 Å². The van der Waals surface area contributed by atoms with Gasteiger partial charge in [0.15, 0.2) is 6.61 Å². The fraction of sp³-hybridized carbons (Fsp3) is 0.0952. The van der Waals surface area contributed by atoms with Crippen LogP contribution in [0.5, 0.6) is 5.75 Å². The molecule has 1 amide bonds. The summed E-state index contributed by atoms with van der Waals surface area (Å²) in [6.45, 7) is 0.265. The Hall–Kier alpha value is -2.49. The Morgan fingerprint density at radius 3 is 2.27 bits per heavy atom. The van der Waals surface area contributed by atoms with Gasteiger partial charge in [0, 0.05) is 16.6 Å². The summed E-state index contributed by atoms with van der Waals surface area (Å²) < 4.78 is 5.53. The molecule has 3 nitrogen and oxygen atoms in total. The van der Waals surface area contributed by atoms with E-state index in [1.165, 1.54) is 0 Å². The Labute approximate surface area is 162 Å². The fourth-order valence-electron chi connectivity index (χ4n) is 2.43. The summed E-state index contributed by atoms with van der Waals surface area (Å²) in [6.07, 6.45) is 0. The zero-order valence-electron chi connectivity index (χ0n) is 13.9. The molecule has 3 aromatic rings. The number of amides is 1. The molecule has 0 aliphatic rings. The smallest absolute Gasteiger partial charge is 0.258 e. The van der Waals surface area contributed by atoms with Gasteiger partial charge in [0.1, 0.15) is 5.75 Å². The third-order valence-corrected chi connectivity index (χ3v) is 4.41. The highest BCUT2D eigenvalue weighted by molar-refractivity contribution is 6.35. The van der Waals surface area contributed by atoms with Crippen molar-refractivity contribution in [2.75, 3.05) is 6.61 Å². The lowest BCUT2D eigenvalue weighted by Crippen LogP contribution is -2.28. The van der Waals surface area contributed by atoms with Crippen molar-refractivity contribution in [3.63, 3.8) is 0 Å². The number of hydrogen-bond donors (Lipinski definition) is 1. The average molecular weight is 386 g/mol. The van der Waals surface area contributed by atoms with Crippen molar-refractivity contribution in [2.45, 2.75) is 6.54 Å². The van der Waals surface area contributed by atoms with Gasteiger partial charge >= 0.3 is 0 Å². The molecule has 3 aromatic carbocycles. The van der Waals surface area contributed by atoms with Crippen LogP contribution in [0.2, 0.25) is 10.0 Å². The van der Waals surface area contributed by atoms with E-state index in [1.807, 2.05) is 54.6 Å². The second-order valence-electron chi connectivity index (χ2n) is 5.69. The highest BCUT2D eigenvalue weighted by Crippen LogP contribution is 2.22. The fourth-order valence-corrected chi connectivity index (χ4v) is 2.91. The van der Waals surface area contributed by atoms with E-state index in [0.29, 0.717) is 22.3 Å². The molecule has 0 spiro atoms. The summed E-state index contributed by atoms with van der Waals surface area (Å²) in [5.41, 5.74) is 3.04. The molecule has 0 unspecified atom stereocenters. The summed E-state index contributed by atoms with van der Waals surface area (Å²) in [4.78, 5) is 12.0. The van der Waals surface area contributed by atoms with Gasteiger partial charge in [0.2, 0.25) is 0 Å². The molecule has 0 aromatic heterocycles. The lowest BCUT2D eigenvalue weighted by molar-refractivity contribution is -0.123. The van der Waals surface area contributed by atoms with E-state index in [-0.39, 0.29) is 12.5 Å². The van der Waals surface area contributed by atoms with Crippen molar-refractivity contribution in [3.05, 3.63) is 88.4 Å². The number of benzene rings is 3. The lowest BCUT2D eigenvalue weighted by atomic mass is 10.1. The van der Waals surface area contributed by atoms with E-state index in [1.54, 1.807) is 18.2 Å². The molecular weight excluding hydrogens is 369 g/mol. The summed E-state index contributed by atoms with van der Waals surface area (Å²) in [5, 5.41) is 3.86. The van der Waals surface area contributed by atoms with Gasteiger partial charge in [-0.3, -0.25) is 4.79 Å². The Kier molecular flexibility index (Phi) is 6.16. The first kappa shape index (κ1) is 18.3. The molecule has 0 radical (unpaired) electrons. The van der Waals surface area contributed by atoms with E-state index in [2.05, 4.69) is 5.32 Å². The molecule has 26 heavy (non-hydrogen) atoms. The van der Waals surface area contributed by atoms with Gasteiger partial charge in [0.05, 0.1) is 0 Å². The molecule has 0 fully saturated rings. The number of nitrogens with one attached hydrogen (secondary N) is 1. The van der Waals surface area contributed by atoms with Crippen LogP contribution >= 0.6 is 23.2 Å². The van der Waals surface area contributed by atoms with E-state index >= 15 is 0 Å². The minimum absolute atomic E-state index is 0.0596. The maximum atomic E-state index is 12.0. The number of halogens is 2. The molecule has 0 saturated carbocycles. The Balaban J connectivity index is 1.50. The third-order valence-electron chi connectivity index (χ3n) is 3.82. The van der Waals surface area contributed by atoms with Crippen LogP contribution in [0.4, 0.5) is 0 Å². The molecule has 0 aliphatic carbocycles. The van der Waals surface area contributed by atoms with Gasteiger partial charge in [-0.25, -0.2) is 0 Å². The van der Waals surface area contributed by atoms with Gasteiger partial charge in [0.25, 0.3) is 5.91 Å². The number of rotatable bonds is 6. The predicted octanol–water partition coefficient (Wildman–Crippen LogP) is 5.36. The SMILES string of the molecule is O=C(COc1ccc(-c2ccccc2)cc1)NCc1ccc(Cl)cc1Cl. The van der Waals surface area contributed by atoms with Crippen molar-refractivity contribution >= 4 is 29.1 Å². The summed E-state index contributed by atoms with van der Waals surface area (Å²) in [7, 11) is 0. The van der Waals surface area contributed by atoms with Crippen LogP contribution in [0.3, 0.4) is 0 Å². The van der Waals surface area contributed by atoms with Gasteiger partial charge in [-0.05, 0) is 41.0 Å². The Bertz CT molecular complexity index is 880. The molecule has 0 atom stereocenters. The second-order valence-corrected chi connectivity index (χ2v) is 6.54. The van der Waals surface area contributed by atoms with Crippen LogP contribution in [-0.2, 0) is 11.3 Å².